The second-order valence-corrected chi connectivity index (χ2v) is 4.99. The van der Waals surface area contributed by atoms with E-state index in [0.717, 1.165) is 10.2 Å². The Morgan fingerprint density at radius 3 is 2.70 bits per heavy atom. The zero-order valence-corrected chi connectivity index (χ0v) is 12.0. The predicted octanol–water partition coefficient (Wildman–Crippen LogP) is 2.41. The number of hydrogen-bond donors (Lipinski definition) is 0. The topological polar surface area (TPSA) is 69.4 Å². The maximum atomic E-state index is 12.0. The van der Waals surface area contributed by atoms with Crippen molar-refractivity contribution in [3.8, 4) is 5.75 Å². The summed E-state index contributed by atoms with van der Waals surface area (Å²) in [5.41, 5.74) is 0.838. The first-order valence-electron chi connectivity index (χ1n) is 5.79. The molecule has 0 fully saturated rings. The smallest absolute Gasteiger partial charge is 0.383 e. The minimum atomic E-state index is -0.614. The quantitative estimate of drug-likeness (QED) is 0.532. The Labute approximate surface area is 122 Å². The summed E-state index contributed by atoms with van der Waals surface area (Å²) in [5, 5.41) is 4.09. The van der Waals surface area contributed by atoms with Crippen molar-refractivity contribution in [3.05, 3.63) is 52.5 Å². The normalized spacial score (nSPS) is 10.7. The van der Waals surface area contributed by atoms with Crippen LogP contribution in [0.25, 0.3) is 5.78 Å². The fourth-order valence-electron chi connectivity index (χ4n) is 1.65. The molecule has 1 aromatic carbocycles. The predicted molar refractivity (Wildman–Crippen MR) is 74.6 cm³/mol. The maximum absolute atomic E-state index is 12.0. The van der Waals surface area contributed by atoms with E-state index in [4.69, 9.17) is 4.74 Å². The molecule has 2 heterocycles. The number of benzene rings is 1. The molecule has 3 rings (SSSR count). The van der Waals surface area contributed by atoms with Crippen LogP contribution in [0.2, 0.25) is 0 Å². The monoisotopic (exact) mass is 332 g/mol. The standard InChI is InChI=1S/C13H9BrN4O2/c1-8-6-7-15-13-16-11(17-18(8)13)12(19)20-10-4-2-9(14)3-5-10/h2-7H,1H3. The number of nitrogens with zero attached hydrogens (tertiary/aromatic N) is 4. The molecule has 0 saturated carbocycles. The zero-order valence-electron chi connectivity index (χ0n) is 10.4. The van der Waals surface area contributed by atoms with Crippen molar-refractivity contribution >= 4 is 27.7 Å². The van der Waals surface area contributed by atoms with Gasteiger partial charge in [-0.2, -0.15) is 4.98 Å². The summed E-state index contributed by atoms with van der Waals surface area (Å²) in [4.78, 5) is 20.1. The van der Waals surface area contributed by atoms with Gasteiger partial charge in [0.2, 0.25) is 0 Å². The summed E-state index contributed by atoms with van der Waals surface area (Å²) in [5.74, 6) is 0.168. The van der Waals surface area contributed by atoms with Crippen LogP contribution in [-0.4, -0.2) is 25.6 Å². The summed E-state index contributed by atoms with van der Waals surface area (Å²) < 4.78 is 7.60. The summed E-state index contributed by atoms with van der Waals surface area (Å²) in [6.45, 7) is 1.85. The first-order valence-corrected chi connectivity index (χ1v) is 6.59. The fourth-order valence-corrected chi connectivity index (χ4v) is 1.91. The molecule has 20 heavy (non-hydrogen) atoms. The molecular weight excluding hydrogens is 324 g/mol. The average molecular weight is 333 g/mol. The van der Waals surface area contributed by atoms with Crippen molar-refractivity contribution < 1.29 is 9.53 Å². The fraction of sp³-hybridized carbons (Fsp3) is 0.0769. The number of aromatic nitrogens is 4. The lowest BCUT2D eigenvalue weighted by atomic mass is 10.3. The van der Waals surface area contributed by atoms with Crippen LogP contribution in [0.15, 0.2) is 41.0 Å². The van der Waals surface area contributed by atoms with Gasteiger partial charge >= 0.3 is 5.97 Å². The molecule has 3 aromatic rings. The van der Waals surface area contributed by atoms with Crippen LogP contribution < -0.4 is 4.74 Å². The van der Waals surface area contributed by atoms with E-state index in [9.17, 15) is 4.79 Å². The van der Waals surface area contributed by atoms with Gasteiger partial charge in [0.1, 0.15) is 5.75 Å². The van der Waals surface area contributed by atoms with Gasteiger partial charge in [0.05, 0.1) is 0 Å². The van der Waals surface area contributed by atoms with Gasteiger partial charge in [-0.05, 0) is 37.3 Å². The van der Waals surface area contributed by atoms with E-state index in [0.29, 0.717) is 11.5 Å². The second kappa shape index (κ2) is 5.01. The van der Waals surface area contributed by atoms with Crippen LogP contribution in [0.5, 0.6) is 5.75 Å². The lowest BCUT2D eigenvalue weighted by Crippen LogP contribution is -2.10. The number of hydrogen-bond acceptors (Lipinski definition) is 5. The van der Waals surface area contributed by atoms with Gasteiger partial charge in [-0.3, -0.25) is 0 Å². The van der Waals surface area contributed by atoms with Gasteiger partial charge in [0.25, 0.3) is 11.6 Å². The molecule has 0 atom stereocenters. The number of esters is 1. The highest BCUT2D eigenvalue weighted by Crippen LogP contribution is 2.17. The van der Waals surface area contributed by atoms with E-state index in [1.807, 2.05) is 6.92 Å². The highest BCUT2D eigenvalue weighted by atomic mass is 79.9. The highest BCUT2D eigenvalue weighted by molar-refractivity contribution is 9.10. The Kier molecular flexibility index (Phi) is 3.19. The third-order valence-corrected chi connectivity index (χ3v) is 3.17. The third kappa shape index (κ3) is 2.39. The van der Waals surface area contributed by atoms with Crippen LogP contribution in [0.1, 0.15) is 16.3 Å². The van der Waals surface area contributed by atoms with Crippen molar-refractivity contribution in [3.63, 3.8) is 0 Å². The Hall–Kier alpha value is -2.28. The van der Waals surface area contributed by atoms with Gasteiger partial charge in [-0.1, -0.05) is 15.9 Å². The number of aryl methyl sites for hydroxylation is 1. The van der Waals surface area contributed by atoms with Gasteiger partial charge in [0.15, 0.2) is 0 Å². The molecule has 0 aliphatic rings. The van der Waals surface area contributed by atoms with Gasteiger partial charge in [0, 0.05) is 16.4 Å². The Balaban J connectivity index is 1.89. The van der Waals surface area contributed by atoms with E-state index < -0.39 is 5.97 Å². The molecule has 0 unspecified atom stereocenters. The number of halogens is 1. The number of carbonyl (C=O) groups excluding carboxylic acids is 1. The SMILES string of the molecule is Cc1ccnc2nc(C(=O)Oc3ccc(Br)cc3)nn12. The molecule has 100 valence electrons. The van der Waals surface area contributed by atoms with Gasteiger partial charge in [-0.15, -0.1) is 5.10 Å². The zero-order chi connectivity index (χ0) is 14.1. The molecule has 0 N–H and O–H groups in total. The second-order valence-electron chi connectivity index (χ2n) is 4.08. The van der Waals surface area contributed by atoms with Crippen molar-refractivity contribution in [2.24, 2.45) is 0 Å². The van der Waals surface area contributed by atoms with E-state index >= 15 is 0 Å². The Bertz CT molecular complexity index is 783. The van der Waals surface area contributed by atoms with Gasteiger partial charge < -0.3 is 4.74 Å². The van der Waals surface area contributed by atoms with Crippen molar-refractivity contribution in [1.29, 1.82) is 0 Å². The average Bonchev–Trinajstić information content (AvgIpc) is 2.87. The molecule has 0 bridgehead atoms. The summed E-state index contributed by atoms with van der Waals surface area (Å²) in [6, 6.07) is 8.71. The van der Waals surface area contributed by atoms with E-state index in [-0.39, 0.29) is 5.82 Å². The first-order chi connectivity index (χ1) is 9.63. The summed E-state index contributed by atoms with van der Waals surface area (Å²) in [7, 11) is 0. The molecule has 0 aliphatic heterocycles. The van der Waals surface area contributed by atoms with Crippen molar-refractivity contribution in [2.45, 2.75) is 6.92 Å². The van der Waals surface area contributed by atoms with E-state index in [1.165, 1.54) is 4.52 Å². The first kappa shape index (κ1) is 12.7. The molecule has 2 aromatic heterocycles. The lowest BCUT2D eigenvalue weighted by Gasteiger charge is -2.00. The molecule has 0 amide bonds. The minimum Gasteiger partial charge on any atom is -0.421 e. The number of fused-ring (bicyclic) bond motifs is 1. The van der Waals surface area contributed by atoms with E-state index in [2.05, 4.69) is 31.0 Å². The van der Waals surface area contributed by atoms with Crippen LogP contribution in [0.4, 0.5) is 0 Å². The van der Waals surface area contributed by atoms with Crippen LogP contribution in [0, 0.1) is 6.92 Å². The number of rotatable bonds is 2. The van der Waals surface area contributed by atoms with Crippen molar-refractivity contribution in [2.75, 3.05) is 0 Å². The van der Waals surface area contributed by atoms with Gasteiger partial charge in [-0.25, -0.2) is 14.3 Å². The van der Waals surface area contributed by atoms with Crippen molar-refractivity contribution in [1.82, 2.24) is 19.6 Å². The molecule has 0 radical (unpaired) electrons. The number of ether oxygens (including phenoxy) is 1. The lowest BCUT2D eigenvalue weighted by molar-refractivity contribution is 0.0722. The summed E-state index contributed by atoms with van der Waals surface area (Å²) in [6.07, 6.45) is 1.61. The molecule has 7 heteroatoms. The highest BCUT2D eigenvalue weighted by Gasteiger charge is 2.16. The van der Waals surface area contributed by atoms with Crippen LogP contribution in [-0.2, 0) is 0 Å². The maximum Gasteiger partial charge on any atom is 0.383 e. The molecule has 0 spiro atoms. The Morgan fingerprint density at radius 1 is 1.25 bits per heavy atom. The Morgan fingerprint density at radius 2 is 2.00 bits per heavy atom. The minimum absolute atomic E-state index is 0.0188. The molecule has 0 saturated heterocycles. The third-order valence-electron chi connectivity index (χ3n) is 2.64. The van der Waals surface area contributed by atoms with E-state index in [1.54, 1.807) is 36.5 Å². The number of carbonyl (C=O) groups is 1. The molecular formula is C13H9BrN4O2. The summed E-state index contributed by atoms with van der Waals surface area (Å²) >= 11 is 3.31. The van der Waals surface area contributed by atoms with Crippen LogP contribution in [0.3, 0.4) is 0 Å². The molecule has 6 nitrogen and oxygen atoms in total. The molecule has 0 aliphatic carbocycles. The van der Waals surface area contributed by atoms with Crippen LogP contribution >= 0.6 is 15.9 Å². The largest absolute Gasteiger partial charge is 0.421 e.